The van der Waals surface area contributed by atoms with Crippen molar-refractivity contribution in [3.05, 3.63) is 210 Å². The fraction of sp³-hybridized carbons (Fsp3) is 0.0943. The molecule has 0 amide bonds. The van der Waals surface area contributed by atoms with Gasteiger partial charge in [0.25, 0.3) is 0 Å². The van der Waals surface area contributed by atoms with Crippen LogP contribution < -0.4 is 4.90 Å². The maximum absolute atomic E-state index is 2.46. The van der Waals surface area contributed by atoms with Crippen molar-refractivity contribution in [2.24, 2.45) is 0 Å². The average molecular weight is 694 g/mol. The van der Waals surface area contributed by atoms with Gasteiger partial charge in [0.15, 0.2) is 0 Å². The van der Waals surface area contributed by atoms with Crippen LogP contribution in [0.3, 0.4) is 0 Å². The second-order valence-corrected chi connectivity index (χ2v) is 14.3. The lowest BCUT2D eigenvalue weighted by Gasteiger charge is -2.32. The van der Waals surface area contributed by atoms with Gasteiger partial charge in [0.1, 0.15) is 0 Å². The smallest absolute Gasteiger partial charge is 0.0465 e. The first kappa shape index (κ1) is 33.4. The van der Waals surface area contributed by atoms with E-state index in [-0.39, 0.29) is 5.41 Å². The first-order chi connectivity index (χ1) is 26.7. The Bertz CT molecular complexity index is 2560. The molecule has 8 aromatic carbocycles. The van der Waals surface area contributed by atoms with Gasteiger partial charge >= 0.3 is 0 Å². The molecule has 0 saturated heterocycles. The van der Waals surface area contributed by atoms with Crippen molar-refractivity contribution in [1.82, 2.24) is 0 Å². The van der Waals surface area contributed by atoms with E-state index in [1.165, 1.54) is 72.1 Å². The van der Waals surface area contributed by atoms with Crippen LogP contribution in [0.2, 0.25) is 0 Å². The molecular formula is C53H43N. The molecule has 0 atom stereocenters. The summed E-state index contributed by atoms with van der Waals surface area (Å²) >= 11 is 0. The molecule has 0 radical (unpaired) electrons. The highest BCUT2D eigenvalue weighted by atomic mass is 15.1. The van der Waals surface area contributed by atoms with Gasteiger partial charge in [-0.1, -0.05) is 172 Å². The Labute approximate surface area is 319 Å². The third-order valence-electron chi connectivity index (χ3n) is 11.5. The van der Waals surface area contributed by atoms with Gasteiger partial charge in [-0.15, -0.1) is 0 Å². The van der Waals surface area contributed by atoms with E-state index < -0.39 is 0 Å². The molecule has 54 heavy (non-hydrogen) atoms. The summed E-state index contributed by atoms with van der Waals surface area (Å²) in [6, 6.07) is 68.5. The molecule has 1 nitrogen and oxygen atoms in total. The van der Waals surface area contributed by atoms with Crippen LogP contribution in [0.25, 0.3) is 56.3 Å². The highest BCUT2D eigenvalue weighted by molar-refractivity contribution is 6.08. The van der Waals surface area contributed by atoms with E-state index in [1.54, 1.807) is 0 Å². The fourth-order valence-corrected chi connectivity index (χ4v) is 8.85. The number of para-hydroxylation sites is 2. The van der Waals surface area contributed by atoms with Crippen molar-refractivity contribution in [3.63, 3.8) is 0 Å². The van der Waals surface area contributed by atoms with E-state index in [9.17, 15) is 0 Å². The lowest BCUT2D eigenvalue weighted by molar-refractivity contribution is 0.490. The van der Waals surface area contributed by atoms with Crippen molar-refractivity contribution < 1.29 is 0 Å². The first-order valence-corrected chi connectivity index (χ1v) is 19.2. The van der Waals surface area contributed by atoms with E-state index in [1.807, 2.05) is 0 Å². The van der Waals surface area contributed by atoms with Gasteiger partial charge in [0.2, 0.25) is 0 Å². The molecule has 1 aliphatic carbocycles. The van der Waals surface area contributed by atoms with Crippen molar-refractivity contribution in [3.8, 4) is 33.4 Å². The average Bonchev–Trinajstić information content (AvgIpc) is 3.52. The summed E-state index contributed by atoms with van der Waals surface area (Å²) in [6.45, 7) is 4.71. The van der Waals surface area contributed by atoms with E-state index >= 15 is 0 Å². The van der Waals surface area contributed by atoms with Crippen LogP contribution in [-0.2, 0) is 5.41 Å². The number of hydrogen-bond acceptors (Lipinski definition) is 1. The third kappa shape index (κ3) is 5.74. The number of benzene rings is 8. The zero-order valence-electron chi connectivity index (χ0n) is 30.9. The largest absolute Gasteiger partial charge is 0.310 e. The van der Waals surface area contributed by atoms with Crippen LogP contribution in [-0.4, -0.2) is 0 Å². The van der Waals surface area contributed by atoms with Crippen molar-refractivity contribution >= 4 is 40.0 Å². The Morgan fingerprint density at radius 3 is 1.56 bits per heavy atom. The van der Waals surface area contributed by atoms with Gasteiger partial charge in [-0.2, -0.15) is 0 Å². The monoisotopic (exact) mass is 693 g/mol. The standard InChI is InChI=1S/C53H43N/c1-3-53(4-2)50-35-38(30-33-46(50)47-34-32-44(37-51(47)53)54(42-23-13-7-14-24-42)43-25-15-8-16-26-43)29-31-41-36-49(39-19-9-5-10-20-39)45-27-17-18-28-48(45)52(41)40-21-11-6-12-22-40/h5-37H,3-4H2,1-2H3/b31-29+. The van der Waals surface area contributed by atoms with Crippen LogP contribution >= 0.6 is 0 Å². The third-order valence-corrected chi connectivity index (χ3v) is 11.5. The summed E-state index contributed by atoms with van der Waals surface area (Å²) < 4.78 is 0. The second kappa shape index (κ2) is 14.2. The summed E-state index contributed by atoms with van der Waals surface area (Å²) in [5.74, 6) is 0. The summed E-state index contributed by atoms with van der Waals surface area (Å²) in [5.41, 5.74) is 16.4. The molecule has 0 N–H and O–H groups in total. The van der Waals surface area contributed by atoms with E-state index in [2.05, 4.69) is 219 Å². The van der Waals surface area contributed by atoms with Gasteiger partial charge in [0.05, 0.1) is 0 Å². The van der Waals surface area contributed by atoms with Crippen LogP contribution in [0.15, 0.2) is 188 Å². The molecule has 0 saturated carbocycles. The maximum Gasteiger partial charge on any atom is 0.0465 e. The van der Waals surface area contributed by atoms with Gasteiger partial charge in [-0.05, 0) is 122 Å². The second-order valence-electron chi connectivity index (χ2n) is 14.3. The molecule has 1 aliphatic rings. The lowest BCUT2D eigenvalue weighted by Crippen LogP contribution is -2.23. The maximum atomic E-state index is 2.46. The number of rotatable bonds is 9. The fourth-order valence-electron chi connectivity index (χ4n) is 8.85. The minimum Gasteiger partial charge on any atom is -0.310 e. The minimum atomic E-state index is -0.0812. The van der Waals surface area contributed by atoms with Crippen molar-refractivity contribution in [1.29, 1.82) is 0 Å². The molecule has 0 aliphatic heterocycles. The molecule has 9 rings (SSSR count). The molecule has 8 aromatic rings. The molecule has 1 heteroatoms. The SMILES string of the molecule is CCC1(CC)c2cc(/C=C/c3cc(-c4ccccc4)c4ccccc4c3-c3ccccc3)ccc2-c2ccc(N(c3ccccc3)c3ccccc3)cc21. The minimum absolute atomic E-state index is 0.0812. The van der Waals surface area contributed by atoms with Gasteiger partial charge in [-0.3, -0.25) is 0 Å². The van der Waals surface area contributed by atoms with Crippen molar-refractivity contribution in [2.45, 2.75) is 32.1 Å². The summed E-state index contributed by atoms with van der Waals surface area (Å²) in [6.07, 6.45) is 6.71. The highest BCUT2D eigenvalue weighted by Gasteiger charge is 2.41. The van der Waals surface area contributed by atoms with Crippen LogP contribution in [0.4, 0.5) is 17.1 Å². The molecule has 0 aromatic heterocycles. The molecule has 0 heterocycles. The van der Waals surface area contributed by atoms with Crippen LogP contribution in [0.5, 0.6) is 0 Å². The zero-order chi connectivity index (χ0) is 36.5. The normalized spacial score (nSPS) is 12.9. The van der Waals surface area contributed by atoms with Crippen LogP contribution in [0, 0.1) is 0 Å². The van der Waals surface area contributed by atoms with Gasteiger partial charge < -0.3 is 4.90 Å². The zero-order valence-corrected chi connectivity index (χ0v) is 30.9. The Balaban J connectivity index is 1.16. The number of fused-ring (bicyclic) bond motifs is 4. The predicted molar refractivity (Wildman–Crippen MR) is 232 cm³/mol. The molecular weight excluding hydrogens is 651 g/mol. The summed E-state index contributed by atoms with van der Waals surface area (Å²) in [4.78, 5) is 2.38. The van der Waals surface area contributed by atoms with E-state index in [0.717, 1.165) is 24.2 Å². The summed E-state index contributed by atoms with van der Waals surface area (Å²) in [5, 5.41) is 2.53. The Morgan fingerprint density at radius 2 is 0.944 bits per heavy atom. The van der Waals surface area contributed by atoms with E-state index in [4.69, 9.17) is 0 Å². The molecule has 0 spiro atoms. The Morgan fingerprint density at radius 1 is 0.426 bits per heavy atom. The summed E-state index contributed by atoms with van der Waals surface area (Å²) in [7, 11) is 0. The van der Waals surface area contributed by atoms with Gasteiger partial charge in [-0.25, -0.2) is 0 Å². The van der Waals surface area contributed by atoms with Crippen LogP contribution in [0.1, 0.15) is 48.9 Å². The quantitative estimate of drug-likeness (QED) is 0.136. The van der Waals surface area contributed by atoms with Gasteiger partial charge in [0, 0.05) is 22.5 Å². The highest BCUT2D eigenvalue weighted by Crippen LogP contribution is 2.54. The molecule has 0 bridgehead atoms. The Kier molecular flexibility index (Phi) is 8.77. The topological polar surface area (TPSA) is 3.24 Å². The van der Waals surface area contributed by atoms with Crippen molar-refractivity contribution in [2.75, 3.05) is 4.90 Å². The first-order valence-electron chi connectivity index (χ1n) is 19.2. The number of hydrogen-bond donors (Lipinski definition) is 0. The molecule has 0 unspecified atom stereocenters. The molecule has 260 valence electrons. The number of anilines is 3. The number of nitrogens with zero attached hydrogens (tertiary/aromatic N) is 1. The van der Waals surface area contributed by atoms with E-state index in [0.29, 0.717) is 0 Å². The molecule has 0 fully saturated rings. The lowest BCUT2D eigenvalue weighted by atomic mass is 9.73. The predicted octanol–water partition coefficient (Wildman–Crippen LogP) is 14.9. The Hall–Kier alpha value is -6.44.